The molecule has 1 N–H and O–H groups in total. The molecule has 154 valence electrons. The lowest BCUT2D eigenvalue weighted by molar-refractivity contribution is -0.134. The molecule has 1 fully saturated rings. The Morgan fingerprint density at radius 1 is 1.31 bits per heavy atom. The maximum atomic E-state index is 12.9. The first-order valence-corrected chi connectivity index (χ1v) is 9.26. The highest BCUT2D eigenvalue weighted by Gasteiger charge is 2.29. The summed E-state index contributed by atoms with van der Waals surface area (Å²) >= 11 is 0. The van der Waals surface area contributed by atoms with Gasteiger partial charge in [0.2, 0.25) is 17.6 Å². The van der Waals surface area contributed by atoms with E-state index in [-0.39, 0.29) is 24.4 Å². The van der Waals surface area contributed by atoms with E-state index in [0.717, 1.165) is 17.9 Å². The number of carbonyl (C=O) groups excluding carboxylic acids is 1. The Balaban J connectivity index is 0.00000240. The van der Waals surface area contributed by atoms with Crippen molar-refractivity contribution < 1.29 is 18.5 Å². The number of furan rings is 1. The highest BCUT2D eigenvalue weighted by Crippen LogP contribution is 2.30. The van der Waals surface area contributed by atoms with E-state index in [2.05, 4.69) is 15.5 Å². The van der Waals surface area contributed by atoms with Gasteiger partial charge in [-0.15, -0.1) is 12.4 Å². The van der Waals surface area contributed by atoms with Crippen molar-refractivity contribution >= 4 is 18.3 Å². The van der Waals surface area contributed by atoms with Crippen LogP contribution in [0.15, 0.2) is 51.6 Å². The van der Waals surface area contributed by atoms with Crippen LogP contribution >= 0.6 is 12.4 Å². The van der Waals surface area contributed by atoms with Gasteiger partial charge in [0, 0.05) is 38.0 Å². The first kappa shape index (κ1) is 20.9. The second kappa shape index (κ2) is 9.58. The molecular formula is C20H23ClN4O4. The van der Waals surface area contributed by atoms with Crippen molar-refractivity contribution in [3.05, 3.63) is 54.1 Å². The predicted octanol–water partition coefficient (Wildman–Crippen LogP) is 2.87. The first-order valence-electron chi connectivity index (χ1n) is 9.26. The zero-order chi connectivity index (χ0) is 19.3. The Morgan fingerprint density at radius 2 is 2.17 bits per heavy atom. The zero-order valence-corrected chi connectivity index (χ0v) is 16.9. The van der Waals surface area contributed by atoms with Crippen molar-refractivity contribution in [2.75, 3.05) is 26.7 Å². The Kier molecular flexibility index (Phi) is 6.90. The zero-order valence-electron chi connectivity index (χ0n) is 16.0. The number of nitrogens with one attached hydrogen (secondary N) is 1. The minimum absolute atomic E-state index is 0. The van der Waals surface area contributed by atoms with E-state index >= 15 is 0 Å². The topological polar surface area (TPSA) is 93.6 Å². The average Bonchev–Trinajstić information content (AvgIpc) is 3.44. The van der Waals surface area contributed by atoms with E-state index in [1.165, 1.54) is 0 Å². The molecule has 3 aromatic rings. The number of hydrogen-bond acceptors (Lipinski definition) is 7. The third-order valence-corrected chi connectivity index (χ3v) is 4.82. The maximum Gasteiger partial charge on any atom is 0.238 e. The summed E-state index contributed by atoms with van der Waals surface area (Å²) in [6.45, 7) is 2.10. The number of piperazine rings is 1. The second-order valence-corrected chi connectivity index (χ2v) is 6.54. The molecule has 2 aromatic heterocycles. The van der Waals surface area contributed by atoms with Gasteiger partial charge in [0.15, 0.2) is 5.76 Å². The molecule has 1 amide bonds. The SMILES string of the molecule is COc1ccccc1C1CNCCN1C(=O)CCc1nc(-c2ccco2)no1.Cl. The molecule has 1 aliphatic heterocycles. The van der Waals surface area contributed by atoms with Gasteiger partial charge in [-0.05, 0) is 18.2 Å². The fourth-order valence-corrected chi connectivity index (χ4v) is 3.44. The highest BCUT2D eigenvalue weighted by molar-refractivity contribution is 5.85. The maximum absolute atomic E-state index is 12.9. The van der Waals surface area contributed by atoms with Gasteiger partial charge in [-0.25, -0.2) is 0 Å². The van der Waals surface area contributed by atoms with Gasteiger partial charge in [-0.1, -0.05) is 23.4 Å². The summed E-state index contributed by atoms with van der Waals surface area (Å²) in [6.07, 6.45) is 2.23. The lowest BCUT2D eigenvalue weighted by atomic mass is 10.0. The van der Waals surface area contributed by atoms with Crippen molar-refractivity contribution in [2.24, 2.45) is 0 Å². The van der Waals surface area contributed by atoms with Gasteiger partial charge in [0.1, 0.15) is 5.75 Å². The molecule has 1 unspecified atom stereocenters. The van der Waals surface area contributed by atoms with E-state index in [1.807, 2.05) is 29.2 Å². The Morgan fingerprint density at radius 3 is 2.97 bits per heavy atom. The molecule has 0 radical (unpaired) electrons. The lowest BCUT2D eigenvalue weighted by Gasteiger charge is -2.37. The summed E-state index contributed by atoms with van der Waals surface area (Å²) in [4.78, 5) is 19.1. The molecule has 1 atom stereocenters. The standard InChI is InChI=1S/C20H22N4O4.ClH/c1-26-16-6-3-2-5-14(16)15-13-21-10-11-24(15)19(25)9-8-18-22-20(23-28-18)17-7-4-12-27-17;/h2-7,12,15,21H,8-11,13H2,1H3;1H. The fourth-order valence-electron chi connectivity index (χ4n) is 3.44. The fraction of sp³-hybridized carbons (Fsp3) is 0.350. The number of nitrogens with zero attached hydrogens (tertiary/aromatic N) is 3. The Bertz CT molecular complexity index is 928. The van der Waals surface area contributed by atoms with Crippen molar-refractivity contribution in [3.63, 3.8) is 0 Å². The van der Waals surface area contributed by atoms with E-state index < -0.39 is 0 Å². The van der Waals surface area contributed by atoms with Crippen LogP contribution in [0.1, 0.15) is 23.9 Å². The number of benzene rings is 1. The molecule has 1 aromatic carbocycles. The molecule has 1 saturated heterocycles. The van der Waals surface area contributed by atoms with E-state index in [1.54, 1.807) is 25.5 Å². The van der Waals surface area contributed by atoms with Gasteiger partial charge in [-0.3, -0.25) is 4.79 Å². The van der Waals surface area contributed by atoms with Crippen molar-refractivity contribution in [2.45, 2.75) is 18.9 Å². The number of aryl methyl sites for hydroxylation is 1. The molecule has 0 saturated carbocycles. The minimum atomic E-state index is -0.0706. The van der Waals surface area contributed by atoms with Gasteiger partial charge in [-0.2, -0.15) is 4.98 Å². The largest absolute Gasteiger partial charge is 0.496 e. The van der Waals surface area contributed by atoms with Gasteiger partial charge in [0.25, 0.3) is 0 Å². The quantitative estimate of drug-likeness (QED) is 0.657. The highest BCUT2D eigenvalue weighted by atomic mass is 35.5. The van der Waals surface area contributed by atoms with Gasteiger partial charge < -0.3 is 23.9 Å². The molecule has 8 nitrogen and oxygen atoms in total. The number of rotatable bonds is 6. The molecule has 0 bridgehead atoms. The van der Waals surface area contributed by atoms with Crippen LogP contribution in [0.5, 0.6) is 5.75 Å². The smallest absolute Gasteiger partial charge is 0.238 e. The summed E-state index contributed by atoms with van der Waals surface area (Å²) in [5.41, 5.74) is 1.00. The van der Waals surface area contributed by atoms with E-state index in [4.69, 9.17) is 13.7 Å². The molecule has 0 spiro atoms. The number of carbonyl (C=O) groups is 1. The summed E-state index contributed by atoms with van der Waals surface area (Å²) in [5, 5.41) is 7.26. The van der Waals surface area contributed by atoms with E-state index in [9.17, 15) is 4.79 Å². The van der Waals surface area contributed by atoms with Gasteiger partial charge in [0.05, 0.1) is 19.4 Å². The number of aromatic nitrogens is 2. The summed E-state index contributed by atoms with van der Waals surface area (Å²) in [7, 11) is 1.65. The van der Waals surface area contributed by atoms with Crippen LogP contribution in [0.3, 0.4) is 0 Å². The van der Waals surface area contributed by atoms with Crippen LogP contribution in [-0.2, 0) is 11.2 Å². The number of halogens is 1. The van der Waals surface area contributed by atoms with Gasteiger partial charge >= 0.3 is 0 Å². The lowest BCUT2D eigenvalue weighted by Crippen LogP contribution is -2.48. The molecule has 29 heavy (non-hydrogen) atoms. The van der Waals surface area contributed by atoms with Crippen LogP contribution in [0.4, 0.5) is 0 Å². The predicted molar refractivity (Wildman–Crippen MR) is 108 cm³/mol. The number of methoxy groups -OCH3 is 1. The third-order valence-electron chi connectivity index (χ3n) is 4.82. The molecule has 0 aliphatic carbocycles. The third kappa shape index (κ3) is 4.60. The number of amides is 1. The van der Waals surface area contributed by atoms with E-state index in [0.29, 0.717) is 43.4 Å². The van der Waals surface area contributed by atoms with Crippen LogP contribution in [0.2, 0.25) is 0 Å². The molecule has 1 aliphatic rings. The summed E-state index contributed by atoms with van der Waals surface area (Å²) in [6, 6.07) is 11.3. The average molecular weight is 419 g/mol. The van der Waals surface area contributed by atoms with Crippen LogP contribution in [0.25, 0.3) is 11.6 Å². The monoisotopic (exact) mass is 418 g/mol. The minimum Gasteiger partial charge on any atom is -0.496 e. The first-order chi connectivity index (χ1) is 13.8. The van der Waals surface area contributed by atoms with Crippen molar-refractivity contribution in [1.82, 2.24) is 20.4 Å². The molecular weight excluding hydrogens is 396 g/mol. The summed E-state index contributed by atoms with van der Waals surface area (Å²) < 4.78 is 16.0. The van der Waals surface area contributed by atoms with Crippen LogP contribution < -0.4 is 10.1 Å². The number of para-hydroxylation sites is 1. The van der Waals surface area contributed by atoms with Crippen molar-refractivity contribution in [3.8, 4) is 17.3 Å². The molecule has 9 heteroatoms. The van der Waals surface area contributed by atoms with Crippen LogP contribution in [-0.4, -0.2) is 47.7 Å². The van der Waals surface area contributed by atoms with Crippen molar-refractivity contribution in [1.29, 1.82) is 0 Å². The molecule has 4 rings (SSSR count). The Hall–Kier alpha value is -2.84. The Labute approximate surface area is 174 Å². The normalized spacial score (nSPS) is 16.3. The number of hydrogen-bond donors (Lipinski definition) is 1. The second-order valence-electron chi connectivity index (χ2n) is 6.54. The molecule has 3 heterocycles. The number of ether oxygens (including phenoxy) is 1. The van der Waals surface area contributed by atoms with Crippen LogP contribution in [0, 0.1) is 0 Å². The summed E-state index contributed by atoms with van der Waals surface area (Å²) in [5.74, 6) is 2.19.